The van der Waals surface area contributed by atoms with Gasteiger partial charge in [0, 0.05) is 4.88 Å². The van der Waals surface area contributed by atoms with Crippen LogP contribution in [0.25, 0.3) is 0 Å². The van der Waals surface area contributed by atoms with Gasteiger partial charge in [-0.3, -0.25) is 4.79 Å². The summed E-state index contributed by atoms with van der Waals surface area (Å²) in [6, 6.07) is 5.92. The van der Waals surface area contributed by atoms with Crippen LogP contribution in [0.4, 0.5) is 0 Å². The molecule has 0 saturated heterocycles. The monoisotopic (exact) mass is 222 g/mol. The van der Waals surface area contributed by atoms with Crippen LogP contribution >= 0.6 is 11.3 Å². The summed E-state index contributed by atoms with van der Waals surface area (Å²) in [7, 11) is 0. The Morgan fingerprint density at radius 1 is 1.73 bits per heavy atom. The summed E-state index contributed by atoms with van der Waals surface area (Å²) in [6.07, 6.45) is 0.838. The van der Waals surface area contributed by atoms with E-state index in [-0.39, 0.29) is 11.9 Å². The molecule has 1 aromatic rings. The molecule has 80 valence electrons. The third kappa shape index (κ3) is 3.07. The van der Waals surface area contributed by atoms with Crippen molar-refractivity contribution in [2.75, 3.05) is 0 Å². The van der Waals surface area contributed by atoms with Gasteiger partial charge in [-0.05, 0) is 24.8 Å². The molecule has 1 heterocycles. The summed E-state index contributed by atoms with van der Waals surface area (Å²) in [5.74, 6) is -0.781. The van der Waals surface area contributed by atoms with Crippen LogP contribution in [-0.4, -0.2) is 5.91 Å². The Balaban J connectivity index is 2.63. The van der Waals surface area contributed by atoms with Gasteiger partial charge in [-0.2, -0.15) is 5.26 Å². The Hall–Kier alpha value is -1.34. The fraction of sp³-hybridized carbons (Fsp3) is 0.455. The highest BCUT2D eigenvalue weighted by atomic mass is 32.1. The minimum Gasteiger partial charge on any atom is -0.347 e. The molecular weight excluding hydrogens is 208 g/mol. The van der Waals surface area contributed by atoms with Crippen LogP contribution in [0.3, 0.4) is 0 Å². The van der Waals surface area contributed by atoms with Gasteiger partial charge in [-0.25, -0.2) is 0 Å². The predicted molar refractivity (Wildman–Crippen MR) is 60.3 cm³/mol. The summed E-state index contributed by atoms with van der Waals surface area (Å²) >= 11 is 1.62. The Kier molecular flexibility index (Phi) is 4.32. The number of hydrogen-bond acceptors (Lipinski definition) is 3. The highest BCUT2D eigenvalue weighted by molar-refractivity contribution is 7.10. The van der Waals surface area contributed by atoms with Crippen LogP contribution in [0, 0.1) is 17.2 Å². The van der Waals surface area contributed by atoms with Crippen molar-refractivity contribution in [2.24, 2.45) is 5.92 Å². The SMILES string of the molecule is CCC(NC(=O)C(C)C#N)c1cccs1. The molecule has 0 radical (unpaired) electrons. The molecule has 0 aromatic carbocycles. The lowest BCUT2D eigenvalue weighted by Crippen LogP contribution is -2.31. The first-order valence-electron chi connectivity index (χ1n) is 4.92. The van der Waals surface area contributed by atoms with Crippen molar-refractivity contribution in [2.45, 2.75) is 26.3 Å². The van der Waals surface area contributed by atoms with Crippen molar-refractivity contribution in [3.05, 3.63) is 22.4 Å². The van der Waals surface area contributed by atoms with E-state index in [1.807, 2.05) is 30.5 Å². The van der Waals surface area contributed by atoms with Crippen molar-refractivity contribution in [3.63, 3.8) is 0 Å². The molecule has 1 rings (SSSR count). The lowest BCUT2D eigenvalue weighted by Gasteiger charge is -2.16. The van der Waals surface area contributed by atoms with Crippen molar-refractivity contribution in [3.8, 4) is 6.07 Å². The van der Waals surface area contributed by atoms with Gasteiger partial charge in [0.15, 0.2) is 0 Å². The summed E-state index contributed by atoms with van der Waals surface area (Å²) in [5.41, 5.74) is 0. The first kappa shape index (κ1) is 11.7. The average Bonchev–Trinajstić information content (AvgIpc) is 2.77. The molecule has 15 heavy (non-hydrogen) atoms. The standard InChI is InChI=1S/C11H14N2OS/c1-3-9(10-5-4-6-15-10)13-11(14)8(2)7-12/h4-6,8-9H,3H2,1-2H3,(H,13,14). The molecule has 2 unspecified atom stereocenters. The van der Waals surface area contributed by atoms with Gasteiger partial charge < -0.3 is 5.32 Å². The Labute approximate surface area is 93.7 Å². The van der Waals surface area contributed by atoms with E-state index in [2.05, 4.69) is 5.32 Å². The zero-order chi connectivity index (χ0) is 11.3. The maximum atomic E-state index is 11.5. The van der Waals surface area contributed by atoms with Gasteiger partial charge in [0.25, 0.3) is 0 Å². The number of thiophene rings is 1. The molecule has 0 fully saturated rings. The molecule has 0 spiro atoms. The minimum absolute atomic E-state index is 0.0355. The van der Waals surface area contributed by atoms with Gasteiger partial charge in [-0.1, -0.05) is 13.0 Å². The third-order valence-electron chi connectivity index (χ3n) is 2.20. The molecule has 4 heteroatoms. The Morgan fingerprint density at radius 2 is 2.47 bits per heavy atom. The molecule has 2 atom stereocenters. The van der Waals surface area contributed by atoms with Gasteiger partial charge in [0.2, 0.25) is 5.91 Å². The van der Waals surface area contributed by atoms with E-state index in [1.54, 1.807) is 18.3 Å². The predicted octanol–water partition coefficient (Wildman–Crippen LogP) is 2.48. The number of nitrogens with zero attached hydrogens (tertiary/aromatic N) is 1. The minimum atomic E-state index is -0.584. The molecule has 0 aliphatic rings. The van der Waals surface area contributed by atoms with Crippen LogP contribution in [0.5, 0.6) is 0 Å². The molecule has 1 aromatic heterocycles. The first-order chi connectivity index (χ1) is 7.19. The van der Waals surface area contributed by atoms with E-state index in [0.29, 0.717) is 0 Å². The van der Waals surface area contributed by atoms with Crippen LogP contribution in [0.1, 0.15) is 31.2 Å². The number of amides is 1. The van der Waals surface area contributed by atoms with Gasteiger partial charge in [0.05, 0.1) is 12.1 Å². The van der Waals surface area contributed by atoms with Crippen LogP contribution < -0.4 is 5.32 Å². The second-order valence-corrected chi connectivity index (χ2v) is 4.31. The molecular formula is C11H14N2OS. The smallest absolute Gasteiger partial charge is 0.237 e. The highest BCUT2D eigenvalue weighted by Crippen LogP contribution is 2.21. The maximum Gasteiger partial charge on any atom is 0.237 e. The Bertz CT molecular complexity index is 353. The number of nitriles is 1. The second kappa shape index (κ2) is 5.52. The summed E-state index contributed by atoms with van der Waals surface area (Å²) in [5, 5.41) is 13.5. The average molecular weight is 222 g/mol. The zero-order valence-electron chi connectivity index (χ0n) is 8.86. The fourth-order valence-corrected chi connectivity index (χ4v) is 2.08. The number of rotatable bonds is 4. The summed E-state index contributed by atoms with van der Waals surface area (Å²) < 4.78 is 0. The number of nitrogens with one attached hydrogen (secondary N) is 1. The van der Waals surface area contributed by atoms with Gasteiger partial charge in [0.1, 0.15) is 5.92 Å². The van der Waals surface area contributed by atoms with E-state index >= 15 is 0 Å². The highest BCUT2D eigenvalue weighted by Gasteiger charge is 2.17. The molecule has 1 N–H and O–H groups in total. The zero-order valence-corrected chi connectivity index (χ0v) is 9.67. The van der Waals surface area contributed by atoms with E-state index in [9.17, 15) is 4.79 Å². The normalized spacial score (nSPS) is 13.9. The third-order valence-corrected chi connectivity index (χ3v) is 3.18. The van der Waals surface area contributed by atoms with E-state index in [0.717, 1.165) is 11.3 Å². The van der Waals surface area contributed by atoms with Gasteiger partial charge >= 0.3 is 0 Å². The lowest BCUT2D eigenvalue weighted by molar-refractivity contribution is -0.123. The molecule has 0 saturated carbocycles. The van der Waals surface area contributed by atoms with E-state index in [1.165, 1.54) is 0 Å². The fourth-order valence-electron chi connectivity index (χ4n) is 1.22. The van der Waals surface area contributed by atoms with E-state index < -0.39 is 5.92 Å². The molecule has 0 aliphatic carbocycles. The number of carbonyl (C=O) groups is 1. The van der Waals surface area contributed by atoms with E-state index in [4.69, 9.17) is 5.26 Å². The van der Waals surface area contributed by atoms with Crippen molar-refractivity contribution in [1.82, 2.24) is 5.32 Å². The van der Waals surface area contributed by atoms with Gasteiger partial charge in [-0.15, -0.1) is 11.3 Å². The molecule has 0 bridgehead atoms. The number of carbonyl (C=O) groups excluding carboxylic acids is 1. The molecule has 1 amide bonds. The van der Waals surface area contributed by atoms with Crippen molar-refractivity contribution >= 4 is 17.2 Å². The summed E-state index contributed by atoms with van der Waals surface area (Å²) in [4.78, 5) is 12.6. The topological polar surface area (TPSA) is 52.9 Å². The second-order valence-electron chi connectivity index (χ2n) is 3.34. The van der Waals surface area contributed by atoms with Crippen LogP contribution in [0.15, 0.2) is 17.5 Å². The largest absolute Gasteiger partial charge is 0.347 e. The summed E-state index contributed by atoms with van der Waals surface area (Å²) in [6.45, 7) is 3.62. The maximum absolute atomic E-state index is 11.5. The van der Waals surface area contributed by atoms with Crippen LogP contribution in [-0.2, 0) is 4.79 Å². The van der Waals surface area contributed by atoms with Crippen LogP contribution in [0.2, 0.25) is 0 Å². The number of hydrogen-bond donors (Lipinski definition) is 1. The first-order valence-corrected chi connectivity index (χ1v) is 5.80. The lowest BCUT2D eigenvalue weighted by atomic mass is 10.1. The quantitative estimate of drug-likeness (QED) is 0.850. The molecule has 0 aliphatic heterocycles. The molecule has 3 nitrogen and oxygen atoms in total. The van der Waals surface area contributed by atoms with Crippen molar-refractivity contribution < 1.29 is 4.79 Å². The van der Waals surface area contributed by atoms with Crippen molar-refractivity contribution in [1.29, 1.82) is 5.26 Å². The Morgan fingerprint density at radius 3 is 2.93 bits per heavy atom.